The third-order valence-corrected chi connectivity index (χ3v) is 5.82. The van der Waals surface area contributed by atoms with E-state index >= 15 is 0 Å². The normalized spacial score (nSPS) is 26.1. The van der Waals surface area contributed by atoms with Gasteiger partial charge >= 0.3 is 0 Å². The molecule has 3 saturated heterocycles. The Kier molecular flexibility index (Phi) is 5.60. The molecular formula is C22H31N5. The topological polar surface area (TPSA) is 42.9 Å². The van der Waals surface area contributed by atoms with E-state index in [1.807, 2.05) is 0 Å². The lowest BCUT2D eigenvalue weighted by molar-refractivity contribution is 0.0174. The third-order valence-electron chi connectivity index (χ3n) is 5.82. The smallest absolute Gasteiger partial charge is 0.191 e. The molecule has 0 aromatic heterocycles. The summed E-state index contributed by atoms with van der Waals surface area (Å²) >= 11 is 0. The van der Waals surface area contributed by atoms with Crippen molar-refractivity contribution in [3.8, 4) is 0 Å². The summed E-state index contributed by atoms with van der Waals surface area (Å²) in [5.74, 6) is 0.913. The minimum absolute atomic E-state index is 0.208. The predicted octanol–water partition coefficient (Wildman–Crippen LogP) is 2.46. The third kappa shape index (κ3) is 4.25. The first kappa shape index (κ1) is 18.3. The van der Waals surface area contributed by atoms with Crippen LogP contribution in [0.2, 0.25) is 0 Å². The molecule has 2 N–H and O–H groups in total. The van der Waals surface area contributed by atoms with Gasteiger partial charge in [-0.05, 0) is 36.2 Å². The summed E-state index contributed by atoms with van der Waals surface area (Å²) in [7, 11) is 0. The van der Waals surface area contributed by atoms with Crippen LogP contribution in [0.15, 0.2) is 47.5 Å². The molecule has 3 fully saturated rings. The Morgan fingerprint density at radius 3 is 2.59 bits per heavy atom. The van der Waals surface area contributed by atoms with Crippen LogP contribution in [0.4, 0.5) is 0 Å². The van der Waals surface area contributed by atoms with E-state index in [4.69, 9.17) is 4.99 Å². The highest BCUT2D eigenvalue weighted by atomic mass is 15.3. The largest absolute Gasteiger partial charge is 0.357 e. The van der Waals surface area contributed by atoms with Gasteiger partial charge in [0.2, 0.25) is 0 Å². The van der Waals surface area contributed by atoms with E-state index in [0.29, 0.717) is 6.04 Å². The highest BCUT2D eigenvalue weighted by Gasteiger charge is 2.31. The van der Waals surface area contributed by atoms with Crippen molar-refractivity contribution in [3.05, 3.63) is 48.0 Å². The van der Waals surface area contributed by atoms with Crippen molar-refractivity contribution in [1.82, 2.24) is 20.4 Å². The number of hydrogen-bond acceptors (Lipinski definition) is 3. The van der Waals surface area contributed by atoms with Crippen LogP contribution < -0.4 is 10.6 Å². The summed E-state index contributed by atoms with van der Waals surface area (Å²) in [4.78, 5) is 10.1. The molecule has 0 amide bonds. The van der Waals surface area contributed by atoms with Crippen LogP contribution in [0.3, 0.4) is 0 Å². The minimum Gasteiger partial charge on any atom is -0.357 e. The van der Waals surface area contributed by atoms with Gasteiger partial charge in [-0.25, -0.2) is 0 Å². The van der Waals surface area contributed by atoms with E-state index in [0.717, 1.165) is 25.6 Å². The monoisotopic (exact) mass is 365 g/mol. The minimum atomic E-state index is 0.208. The first-order chi connectivity index (χ1) is 13.2. The van der Waals surface area contributed by atoms with Crippen molar-refractivity contribution in [3.63, 3.8) is 0 Å². The summed E-state index contributed by atoms with van der Waals surface area (Å²) in [5.41, 5.74) is 1.28. The number of hydrogen-bond donors (Lipinski definition) is 2. The number of rotatable bonds is 5. The Hall–Kier alpha value is -2.11. The van der Waals surface area contributed by atoms with Gasteiger partial charge in [-0.15, -0.1) is 0 Å². The molecule has 5 heteroatoms. The van der Waals surface area contributed by atoms with E-state index in [1.54, 1.807) is 0 Å². The van der Waals surface area contributed by atoms with Gasteiger partial charge in [-0.3, -0.25) is 14.8 Å². The summed E-state index contributed by atoms with van der Waals surface area (Å²) < 4.78 is 0. The van der Waals surface area contributed by atoms with E-state index in [9.17, 15) is 0 Å². The number of piperazine rings is 3. The molecule has 0 spiro atoms. The molecule has 3 heterocycles. The molecule has 5 rings (SSSR count). The number of fused-ring (bicyclic) bond motifs is 4. The maximum absolute atomic E-state index is 4.91. The van der Waals surface area contributed by atoms with Gasteiger partial charge in [0.15, 0.2) is 5.96 Å². The fourth-order valence-corrected chi connectivity index (χ4v) is 4.18. The summed E-state index contributed by atoms with van der Waals surface area (Å²) in [6.45, 7) is 12.0. The van der Waals surface area contributed by atoms with Crippen LogP contribution in [-0.2, 0) is 0 Å². The second kappa shape index (κ2) is 8.28. The SMILES string of the molecule is CCNC(=NCC1CN2CCN1CC2)NC(C)c1ccc2ccccc2c1. The van der Waals surface area contributed by atoms with Crippen molar-refractivity contribution >= 4 is 16.7 Å². The zero-order chi connectivity index (χ0) is 18.6. The van der Waals surface area contributed by atoms with Gasteiger partial charge in [0.05, 0.1) is 12.6 Å². The first-order valence-electron chi connectivity index (χ1n) is 10.2. The Bertz CT molecular complexity index is 794. The van der Waals surface area contributed by atoms with Gasteiger partial charge in [-0.2, -0.15) is 0 Å². The second-order valence-electron chi connectivity index (χ2n) is 7.68. The number of nitrogens with zero attached hydrogens (tertiary/aromatic N) is 3. The molecule has 3 aliphatic heterocycles. The van der Waals surface area contributed by atoms with E-state index in [2.05, 4.69) is 76.7 Å². The molecule has 2 aromatic rings. The van der Waals surface area contributed by atoms with Gasteiger partial charge in [0, 0.05) is 45.3 Å². The molecule has 2 bridgehead atoms. The molecule has 2 unspecified atom stereocenters. The van der Waals surface area contributed by atoms with Crippen LogP contribution >= 0.6 is 0 Å². The molecular weight excluding hydrogens is 334 g/mol. The van der Waals surface area contributed by atoms with Crippen molar-refractivity contribution in [1.29, 1.82) is 0 Å². The molecule has 0 saturated carbocycles. The number of guanidine groups is 1. The first-order valence-corrected chi connectivity index (χ1v) is 10.2. The molecule has 144 valence electrons. The lowest BCUT2D eigenvalue weighted by Gasteiger charge is -2.47. The standard InChI is InChI=1S/C22H31N5/c1-3-23-22(24-15-21-16-26-10-12-27(21)13-11-26)25-17(2)19-9-8-18-6-4-5-7-20(18)14-19/h4-9,14,17,21H,3,10-13,15-16H2,1-2H3,(H2,23,24,25). The van der Waals surface area contributed by atoms with Gasteiger partial charge in [0.1, 0.15) is 0 Å². The van der Waals surface area contributed by atoms with Gasteiger partial charge < -0.3 is 10.6 Å². The van der Waals surface area contributed by atoms with E-state index < -0.39 is 0 Å². The van der Waals surface area contributed by atoms with Gasteiger partial charge in [-0.1, -0.05) is 36.4 Å². The fourth-order valence-electron chi connectivity index (χ4n) is 4.18. The summed E-state index contributed by atoms with van der Waals surface area (Å²) in [5, 5.41) is 9.57. The molecule has 0 radical (unpaired) electrons. The number of benzene rings is 2. The van der Waals surface area contributed by atoms with Crippen molar-refractivity contribution in [2.75, 3.05) is 45.8 Å². The van der Waals surface area contributed by atoms with Crippen LogP contribution in [0, 0.1) is 0 Å². The Morgan fingerprint density at radius 2 is 1.89 bits per heavy atom. The maximum Gasteiger partial charge on any atom is 0.191 e. The van der Waals surface area contributed by atoms with Crippen LogP contribution in [0.5, 0.6) is 0 Å². The number of aliphatic imine (C=N–C) groups is 1. The van der Waals surface area contributed by atoms with Gasteiger partial charge in [0.25, 0.3) is 0 Å². The molecule has 3 aliphatic rings. The lowest BCUT2D eigenvalue weighted by atomic mass is 10.0. The Labute approximate surface area is 162 Å². The average Bonchev–Trinajstić information content (AvgIpc) is 2.72. The summed E-state index contributed by atoms with van der Waals surface area (Å²) in [6.07, 6.45) is 0. The van der Waals surface area contributed by atoms with Crippen molar-refractivity contribution in [2.24, 2.45) is 4.99 Å². The quantitative estimate of drug-likeness (QED) is 0.631. The predicted molar refractivity (Wildman–Crippen MR) is 113 cm³/mol. The molecule has 2 atom stereocenters. The van der Waals surface area contributed by atoms with Crippen molar-refractivity contribution < 1.29 is 0 Å². The molecule has 2 aromatic carbocycles. The average molecular weight is 366 g/mol. The molecule has 27 heavy (non-hydrogen) atoms. The molecule has 5 nitrogen and oxygen atoms in total. The van der Waals surface area contributed by atoms with E-state index in [-0.39, 0.29) is 6.04 Å². The van der Waals surface area contributed by atoms with E-state index in [1.165, 1.54) is 42.5 Å². The zero-order valence-electron chi connectivity index (χ0n) is 16.5. The lowest BCUT2D eigenvalue weighted by Crippen LogP contribution is -2.62. The Morgan fingerprint density at radius 1 is 1.11 bits per heavy atom. The highest BCUT2D eigenvalue weighted by molar-refractivity contribution is 5.84. The number of nitrogens with one attached hydrogen (secondary N) is 2. The maximum atomic E-state index is 4.91. The highest BCUT2D eigenvalue weighted by Crippen LogP contribution is 2.20. The van der Waals surface area contributed by atoms with Crippen LogP contribution in [0.25, 0.3) is 10.8 Å². The van der Waals surface area contributed by atoms with Crippen molar-refractivity contribution in [2.45, 2.75) is 25.9 Å². The zero-order valence-corrected chi connectivity index (χ0v) is 16.5. The van der Waals surface area contributed by atoms with Crippen LogP contribution in [0.1, 0.15) is 25.5 Å². The summed E-state index contributed by atoms with van der Waals surface area (Å²) in [6, 6.07) is 16.0. The molecule has 0 aliphatic carbocycles. The Balaban J connectivity index is 1.43. The van der Waals surface area contributed by atoms with Crippen LogP contribution in [-0.4, -0.2) is 67.6 Å². The fraction of sp³-hybridized carbons (Fsp3) is 0.500. The second-order valence-corrected chi connectivity index (χ2v) is 7.68.